The van der Waals surface area contributed by atoms with Gasteiger partial charge >= 0.3 is 7.12 Å². The predicted octanol–water partition coefficient (Wildman–Crippen LogP) is 2.71. The minimum Gasteiger partial charge on any atom is -0.400 e. The summed E-state index contributed by atoms with van der Waals surface area (Å²) in [6, 6.07) is 8.01. The van der Waals surface area contributed by atoms with Crippen molar-refractivity contribution < 1.29 is 18.8 Å². The molecule has 5 nitrogen and oxygen atoms in total. The van der Waals surface area contributed by atoms with E-state index in [1.54, 1.807) is 0 Å². The summed E-state index contributed by atoms with van der Waals surface area (Å²) >= 11 is 0. The molecule has 0 spiro atoms. The first-order valence-corrected chi connectivity index (χ1v) is 8.42. The van der Waals surface area contributed by atoms with Gasteiger partial charge in [-0.1, -0.05) is 30.3 Å². The van der Waals surface area contributed by atoms with E-state index in [1.165, 1.54) is 0 Å². The molecule has 2 N–H and O–H groups in total. The van der Waals surface area contributed by atoms with Gasteiger partial charge in [0.1, 0.15) is 0 Å². The Hall–Kier alpha value is -1.18. The zero-order valence-electron chi connectivity index (χ0n) is 14.9. The molecule has 1 aromatic carbocycles. The Bertz CT molecular complexity index is 607. The van der Waals surface area contributed by atoms with Crippen LogP contribution in [0.4, 0.5) is 0 Å². The number of rotatable bonds is 4. The van der Waals surface area contributed by atoms with Gasteiger partial charge < -0.3 is 24.5 Å². The van der Waals surface area contributed by atoms with Crippen molar-refractivity contribution in [2.24, 2.45) is 5.73 Å². The fraction of sp³-hybridized carbons (Fsp3) is 0.556. The number of nitrogens with two attached hydrogens (primary N) is 1. The first-order chi connectivity index (χ1) is 11.3. The monoisotopic (exact) mass is 331 g/mol. The molecule has 0 radical (unpaired) electrons. The lowest BCUT2D eigenvalue weighted by molar-refractivity contribution is -0.0442. The van der Waals surface area contributed by atoms with Gasteiger partial charge in [0.05, 0.1) is 24.4 Å². The minimum atomic E-state index is -0.446. The second kappa shape index (κ2) is 6.62. The summed E-state index contributed by atoms with van der Waals surface area (Å²) in [6.45, 7) is 9.74. The van der Waals surface area contributed by atoms with Gasteiger partial charge in [-0.25, -0.2) is 0 Å². The van der Waals surface area contributed by atoms with Gasteiger partial charge in [0.15, 0.2) is 6.29 Å². The van der Waals surface area contributed by atoms with Crippen LogP contribution in [0.3, 0.4) is 0 Å². The molecule has 3 rings (SSSR count). The first kappa shape index (κ1) is 17.6. The Labute approximate surface area is 144 Å². The van der Waals surface area contributed by atoms with Crippen molar-refractivity contribution in [2.45, 2.75) is 45.2 Å². The summed E-state index contributed by atoms with van der Waals surface area (Å²) in [7, 11) is -0.446. The fourth-order valence-electron chi connectivity index (χ4n) is 2.81. The highest BCUT2D eigenvalue weighted by molar-refractivity contribution is 6.55. The van der Waals surface area contributed by atoms with Gasteiger partial charge in [-0.05, 0) is 38.7 Å². The highest BCUT2D eigenvalue weighted by Gasteiger charge is 2.52. The lowest BCUT2D eigenvalue weighted by atomic mass is 9.77. The van der Waals surface area contributed by atoms with Crippen LogP contribution in [0.1, 0.15) is 45.1 Å². The van der Waals surface area contributed by atoms with Crippen molar-refractivity contribution in [3.63, 3.8) is 0 Å². The van der Waals surface area contributed by atoms with E-state index in [0.29, 0.717) is 19.8 Å². The lowest BCUT2D eigenvalue weighted by Crippen LogP contribution is -2.41. The molecular weight excluding hydrogens is 305 g/mol. The molecule has 1 aromatic rings. The van der Waals surface area contributed by atoms with E-state index < -0.39 is 7.12 Å². The summed E-state index contributed by atoms with van der Waals surface area (Å²) in [5, 5.41) is 0. The number of hydrogen-bond acceptors (Lipinski definition) is 5. The quantitative estimate of drug-likeness (QED) is 0.860. The predicted molar refractivity (Wildman–Crippen MR) is 94.2 cm³/mol. The van der Waals surface area contributed by atoms with E-state index in [0.717, 1.165) is 16.6 Å². The molecule has 0 unspecified atom stereocenters. The summed E-state index contributed by atoms with van der Waals surface area (Å²) in [5.41, 5.74) is 8.13. The molecule has 0 atom stereocenters. The SMILES string of the molecule is CC1(C)OB(C(=Cc2ccccc2C2OCCO2)CN)OC1(C)C. The molecule has 0 amide bonds. The third-order valence-electron chi connectivity index (χ3n) is 5.00. The molecule has 2 saturated heterocycles. The highest BCUT2D eigenvalue weighted by atomic mass is 16.7. The lowest BCUT2D eigenvalue weighted by Gasteiger charge is -2.32. The molecule has 0 aromatic heterocycles. The average molecular weight is 331 g/mol. The van der Waals surface area contributed by atoms with Gasteiger partial charge in [-0.15, -0.1) is 0 Å². The van der Waals surface area contributed by atoms with Gasteiger partial charge in [0, 0.05) is 12.1 Å². The zero-order valence-corrected chi connectivity index (χ0v) is 14.9. The summed E-state index contributed by atoms with van der Waals surface area (Å²) in [5.74, 6) is 0. The molecule has 130 valence electrons. The van der Waals surface area contributed by atoms with E-state index in [9.17, 15) is 0 Å². The Morgan fingerprint density at radius 1 is 1.12 bits per heavy atom. The van der Waals surface area contributed by atoms with Gasteiger partial charge in [0.2, 0.25) is 0 Å². The van der Waals surface area contributed by atoms with Crippen molar-refractivity contribution in [1.82, 2.24) is 0 Å². The van der Waals surface area contributed by atoms with E-state index in [2.05, 4.69) is 0 Å². The molecule has 24 heavy (non-hydrogen) atoms. The van der Waals surface area contributed by atoms with E-state index in [-0.39, 0.29) is 17.5 Å². The first-order valence-electron chi connectivity index (χ1n) is 8.42. The van der Waals surface area contributed by atoms with Crippen LogP contribution >= 0.6 is 0 Å². The van der Waals surface area contributed by atoms with Gasteiger partial charge in [0.25, 0.3) is 0 Å². The van der Waals surface area contributed by atoms with Crippen molar-refractivity contribution in [1.29, 1.82) is 0 Å². The van der Waals surface area contributed by atoms with Crippen molar-refractivity contribution in [3.8, 4) is 0 Å². The van der Waals surface area contributed by atoms with Gasteiger partial charge in [-0.3, -0.25) is 0 Å². The van der Waals surface area contributed by atoms with Crippen LogP contribution in [0, 0.1) is 0 Å². The molecule has 0 aliphatic carbocycles. The Kier molecular flexibility index (Phi) is 4.86. The van der Waals surface area contributed by atoms with E-state index >= 15 is 0 Å². The highest BCUT2D eigenvalue weighted by Crippen LogP contribution is 2.39. The molecule has 0 bridgehead atoms. The third kappa shape index (κ3) is 3.30. The van der Waals surface area contributed by atoms with Crippen LogP contribution in [0.25, 0.3) is 6.08 Å². The Balaban J connectivity index is 1.89. The maximum atomic E-state index is 6.12. The maximum absolute atomic E-state index is 6.12. The van der Waals surface area contributed by atoms with Crippen LogP contribution < -0.4 is 5.73 Å². The maximum Gasteiger partial charge on any atom is 0.491 e. The van der Waals surface area contributed by atoms with Crippen molar-refractivity contribution >= 4 is 13.2 Å². The van der Waals surface area contributed by atoms with Crippen molar-refractivity contribution in [3.05, 3.63) is 40.9 Å². The fourth-order valence-corrected chi connectivity index (χ4v) is 2.81. The van der Waals surface area contributed by atoms with Gasteiger partial charge in [-0.2, -0.15) is 0 Å². The smallest absolute Gasteiger partial charge is 0.400 e. The summed E-state index contributed by atoms with van der Waals surface area (Å²) < 4.78 is 23.5. The van der Waals surface area contributed by atoms with E-state index in [1.807, 2.05) is 58.0 Å². The van der Waals surface area contributed by atoms with E-state index in [4.69, 9.17) is 24.5 Å². The summed E-state index contributed by atoms with van der Waals surface area (Å²) in [4.78, 5) is 0. The van der Waals surface area contributed by atoms with Crippen molar-refractivity contribution in [2.75, 3.05) is 19.8 Å². The molecule has 2 fully saturated rings. The average Bonchev–Trinajstić information content (AvgIpc) is 3.12. The Morgan fingerprint density at radius 2 is 1.71 bits per heavy atom. The van der Waals surface area contributed by atoms with Crippen LogP contribution in [-0.2, 0) is 18.8 Å². The molecule has 2 aliphatic heterocycles. The number of hydrogen-bond donors (Lipinski definition) is 1. The normalized spacial score (nSPS) is 23.9. The number of benzene rings is 1. The largest absolute Gasteiger partial charge is 0.491 e. The van der Waals surface area contributed by atoms with Crippen LogP contribution in [-0.4, -0.2) is 38.1 Å². The third-order valence-corrected chi connectivity index (χ3v) is 5.00. The second-order valence-electron chi connectivity index (χ2n) is 7.21. The minimum absolute atomic E-state index is 0.324. The molecule has 0 saturated carbocycles. The Morgan fingerprint density at radius 3 is 2.29 bits per heavy atom. The summed E-state index contributed by atoms with van der Waals surface area (Å²) in [6.07, 6.45) is 1.71. The topological polar surface area (TPSA) is 62.9 Å². The molecular formula is C18H26BNO4. The van der Waals surface area contributed by atoms with Crippen LogP contribution in [0.5, 0.6) is 0 Å². The number of ether oxygens (including phenoxy) is 2. The standard InChI is InChI=1S/C18H26BNO4/c1-17(2)18(3,4)24-19(23-17)14(12-20)11-13-7-5-6-8-15(13)16-21-9-10-22-16/h5-8,11,16H,9-10,12,20H2,1-4H3. The molecule has 2 heterocycles. The second-order valence-corrected chi connectivity index (χ2v) is 7.21. The zero-order chi connectivity index (χ0) is 17.4. The molecule has 6 heteroatoms. The van der Waals surface area contributed by atoms with Crippen LogP contribution in [0.2, 0.25) is 0 Å². The molecule has 2 aliphatic rings. The van der Waals surface area contributed by atoms with Crippen LogP contribution in [0.15, 0.2) is 29.7 Å².